The lowest BCUT2D eigenvalue weighted by molar-refractivity contribution is 0.874. The Balaban J connectivity index is 2.16. The molecule has 0 aliphatic carbocycles. The van der Waals surface area contributed by atoms with Gasteiger partial charge in [-0.15, -0.1) is 22.7 Å². The monoisotopic (exact) mass is 289 g/mol. The third-order valence-corrected chi connectivity index (χ3v) is 4.44. The molecule has 0 aromatic carbocycles. The molecule has 96 valence electrons. The first-order chi connectivity index (χ1) is 9.16. The number of rotatable bonds is 2. The van der Waals surface area contributed by atoms with E-state index >= 15 is 0 Å². The van der Waals surface area contributed by atoms with Crippen LogP contribution in [0.1, 0.15) is 0 Å². The lowest BCUT2D eigenvalue weighted by Gasteiger charge is -2.07. The van der Waals surface area contributed by atoms with E-state index < -0.39 is 0 Å². The number of nitrogen functional groups attached to an aromatic ring is 1. The van der Waals surface area contributed by atoms with Crippen LogP contribution in [0.2, 0.25) is 0 Å². The van der Waals surface area contributed by atoms with Crippen LogP contribution in [-0.4, -0.2) is 9.55 Å². The molecule has 3 rings (SSSR count). The Kier molecular flexibility index (Phi) is 2.96. The summed E-state index contributed by atoms with van der Waals surface area (Å²) in [5.41, 5.74) is 7.68. The topological polar surface area (TPSA) is 60.9 Å². The Labute approximate surface area is 117 Å². The third-order valence-electron chi connectivity index (χ3n) is 2.88. The van der Waals surface area contributed by atoms with Crippen molar-refractivity contribution in [2.75, 3.05) is 5.73 Å². The molecule has 4 nitrogen and oxygen atoms in total. The minimum Gasteiger partial charge on any atom is -0.375 e. The molecule has 2 N–H and O–H groups in total. The number of nitrogens with two attached hydrogens (primary N) is 1. The highest BCUT2D eigenvalue weighted by molar-refractivity contribution is 7.14. The highest BCUT2D eigenvalue weighted by Gasteiger charge is 2.11. The zero-order chi connectivity index (χ0) is 13.4. The highest BCUT2D eigenvalue weighted by Crippen LogP contribution is 2.26. The second-order valence-electron chi connectivity index (χ2n) is 4.04. The zero-order valence-corrected chi connectivity index (χ0v) is 11.8. The van der Waals surface area contributed by atoms with Crippen molar-refractivity contribution in [3.8, 4) is 21.8 Å². The molecule has 0 radical (unpaired) electrons. The third kappa shape index (κ3) is 2.09. The number of pyridine rings is 1. The van der Waals surface area contributed by atoms with Crippen molar-refractivity contribution >= 4 is 27.8 Å². The number of hydrogen-bond acceptors (Lipinski definition) is 5. The lowest BCUT2D eigenvalue weighted by Crippen LogP contribution is -2.19. The number of hydrogen-bond donors (Lipinski definition) is 1. The molecule has 0 fully saturated rings. The molecule has 0 unspecified atom stereocenters. The smallest absolute Gasteiger partial charge is 0.260 e. The molecular formula is C13H11N3OS2. The maximum atomic E-state index is 12.4. The van der Waals surface area contributed by atoms with Gasteiger partial charge in [-0.25, -0.2) is 4.98 Å². The van der Waals surface area contributed by atoms with E-state index in [4.69, 9.17) is 5.73 Å². The first kappa shape index (κ1) is 12.1. The first-order valence-electron chi connectivity index (χ1n) is 5.62. The van der Waals surface area contributed by atoms with Gasteiger partial charge in [0.15, 0.2) is 5.13 Å². The highest BCUT2D eigenvalue weighted by atomic mass is 32.1. The Hall–Kier alpha value is -1.92. The predicted octanol–water partition coefficient (Wildman–Crippen LogP) is 2.82. The quantitative estimate of drug-likeness (QED) is 0.789. The fraction of sp³-hybridized carbons (Fsp3) is 0.0769. The fourth-order valence-electron chi connectivity index (χ4n) is 1.91. The summed E-state index contributed by atoms with van der Waals surface area (Å²) < 4.78 is 1.65. The van der Waals surface area contributed by atoms with Gasteiger partial charge in [0.25, 0.3) is 5.56 Å². The van der Waals surface area contributed by atoms with E-state index in [9.17, 15) is 4.79 Å². The van der Waals surface area contributed by atoms with Crippen molar-refractivity contribution in [2.24, 2.45) is 7.05 Å². The van der Waals surface area contributed by atoms with E-state index in [0.717, 1.165) is 10.6 Å². The summed E-state index contributed by atoms with van der Waals surface area (Å²) in [5.74, 6) is 0. The second-order valence-corrected chi connectivity index (χ2v) is 5.88. The summed E-state index contributed by atoms with van der Waals surface area (Å²) in [7, 11) is 1.77. The number of nitrogens with zero attached hydrogens (tertiary/aromatic N) is 2. The van der Waals surface area contributed by atoms with E-state index in [0.29, 0.717) is 16.4 Å². The maximum Gasteiger partial charge on any atom is 0.260 e. The van der Waals surface area contributed by atoms with Gasteiger partial charge >= 0.3 is 0 Å². The average Bonchev–Trinajstić information content (AvgIpc) is 3.04. The normalized spacial score (nSPS) is 10.8. The first-order valence-corrected chi connectivity index (χ1v) is 7.38. The summed E-state index contributed by atoms with van der Waals surface area (Å²) in [6, 6.07) is 7.73. The van der Waals surface area contributed by atoms with Crippen LogP contribution in [0, 0.1) is 0 Å². The molecule has 3 aromatic rings. The van der Waals surface area contributed by atoms with Crippen molar-refractivity contribution in [1.29, 1.82) is 0 Å². The van der Waals surface area contributed by atoms with Gasteiger partial charge in [0.2, 0.25) is 0 Å². The zero-order valence-electron chi connectivity index (χ0n) is 10.2. The van der Waals surface area contributed by atoms with E-state index in [-0.39, 0.29) is 5.56 Å². The van der Waals surface area contributed by atoms with Crippen molar-refractivity contribution in [1.82, 2.24) is 9.55 Å². The van der Waals surface area contributed by atoms with Crippen molar-refractivity contribution in [2.45, 2.75) is 0 Å². The largest absolute Gasteiger partial charge is 0.375 e. The van der Waals surface area contributed by atoms with Gasteiger partial charge in [-0.05, 0) is 23.6 Å². The van der Waals surface area contributed by atoms with E-state index in [1.54, 1.807) is 28.3 Å². The molecule has 0 saturated heterocycles. The summed E-state index contributed by atoms with van der Waals surface area (Å²) in [4.78, 5) is 17.6. The standard InChI is InChI=1S/C13H11N3OS2/c1-16-10(11-3-2-6-18-11)5-4-8(12(16)17)9-7-19-13(14)15-9/h2-7H,1H3,(H2,14,15). The van der Waals surface area contributed by atoms with Gasteiger partial charge in [0, 0.05) is 12.4 Å². The van der Waals surface area contributed by atoms with Gasteiger partial charge in [-0.2, -0.15) is 0 Å². The van der Waals surface area contributed by atoms with Crippen LogP contribution in [0.15, 0.2) is 39.8 Å². The Morgan fingerprint density at radius 3 is 2.74 bits per heavy atom. The van der Waals surface area contributed by atoms with E-state index in [2.05, 4.69) is 4.98 Å². The van der Waals surface area contributed by atoms with Crippen LogP contribution < -0.4 is 11.3 Å². The molecular weight excluding hydrogens is 278 g/mol. The molecule has 0 aliphatic heterocycles. The maximum absolute atomic E-state index is 12.4. The van der Waals surface area contributed by atoms with Gasteiger partial charge in [0.05, 0.1) is 21.8 Å². The second kappa shape index (κ2) is 4.64. The Morgan fingerprint density at radius 2 is 2.11 bits per heavy atom. The van der Waals surface area contributed by atoms with E-state index in [1.165, 1.54) is 11.3 Å². The molecule has 0 amide bonds. The SMILES string of the molecule is Cn1c(-c2cccs2)ccc(-c2csc(N)n2)c1=O. The Bertz CT molecular complexity index is 772. The molecule has 0 bridgehead atoms. The van der Waals surface area contributed by atoms with E-state index in [1.807, 2.05) is 29.6 Å². The van der Waals surface area contributed by atoms with Gasteiger partial charge < -0.3 is 10.3 Å². The lowest BCUT2D eigenvalue weighted by atomic mass is 10.2. The summed E-state index contributed by atoms with van der Waals surface area (Å²) >= 11 is 2.95. The van der Waals surface area contributed by atoms with Crippen LogP contribution in [0.4, 0.5) is 5.13 Å². The number of thiophene rings is 1. The van der Waals surface area contributed by atoms with Gasteiger partial charge in [0.1, 0.15) is 0 Å². The summed E-state index contributed by atoms with van der Waals surface area (Å²) in [5, 5.41) is 4.27. The van der Waals surface area contributed by atoms with Gasteiger partial charge in [-0.1, -0.05) is 6.07 Å². The van der Waals surface area contributed by atoms with Crippen LogP contribution in [0.3, 0.4) is 0 Å². The van der Waals surface area contributed by atoms with Crippen LogP contribution in [0.25, 0.3) is 21.8 Å². The molecule has 0 saturated carbocycles. The average molecular weight is 289 g/mol. The molecule has 3 heterocycles. The van der Waals surface area contributed by atoms with Crippen LogP contribution in [-0.2, 0) is 7.05 Å². The van der Waals surface area contributed by atoms with Crippen LogP contribution in [0.5, 0.6) is 0 Å². The number of thiazole rings is 1. The minimum atomic E-state index is -0.0591. The van der Waals surface area contributed by atoms with Crippen molar-refractivity contribution in [3.63, 3.8) is 0 Å². The molecule has 0 aliphatic rings. The molecule has 0 atom stereocenters. The number of anilines is 1. The molecule has 3 aromatic heterocycles. The number of aromatic nitrogens is 2. The molecule has 6 heteroatoms. The fourth-order valence-corrected chi connectivity index (χ4v) is 3.26. The van der Waals surface area contributed by atoms with Crippen LogP contribution >= 0.6 is 22.7 Å². The minimum absolute atomic E-state index is 0.0591. The summed E-state index contributed by atoms with van der Waals surface area (Å²) in [6.07, 6.45) is 0. The van der Waals surface area contributed by atoms with Crippen molar-refractivity contribution in [3.05, 3.63) is 45.4 Å². The van der Waals surface area contributed by atoms with Gasteiger partial charge in [-0.3, -0.25) is 4.79 Å². The Morgan fingerprint density at radius 1 is 1.26 bits per heavy atom. The molecule has 0 spiro atoms. The predicted molar refractivity (Wildman–Crippen MR) is 80.5 cm³/mol. The van der Waals surface area contributed by atoms with Crippen molar-refractivity contribution < 1.29 is 0 Å². The summed E-state index contributed by atoms with van der Waals surface area (Å²) in [6.45, 7) is 0. The molecule has 19 heavy (non-hydrogen) atoms.